The molecule has 1 amide bonds. The van der Waals surface area contributed by atoms with E-state index in [9.17, 15) is 4.79 Å². The smallest absolute Gasteiger partial charge is 0.411 e. The summed E-state index contributed by atoms with van der Waals surface area (Å²) in [4.78, 5) is 14.7. The Morgan fingerprint density at radius 3 is 2.40 bits per heavy atom. The highest BCUT2D eigenvalue weighted by Gasteiger charge is 2.18. The second-order valence-corrected chi connectivity index (χ2v) is 6.84. The fourth-order valence-corrected chi connectivity index (χ4v) is 3.07. The zero-order valence-corrected chi connectivity index (χ0v) is 17.9. The SMILES string of the molecule is CCOC(=O)Nc1ccc(NC(Cc2ccc(C)cc2)c2ccccc2)[nH+]c1N.[Cl-]. The van der Waals surface area contributed by atoms with Crippen molar-refractivity contribution in [2.24, 2.45) is 0 Å². The summed E-state index contributed by atoms with van der Waals surface area (Å²) in [6, 6.07) is 22.5. The number of hydrogen-bond acceptors (Lipinski definition) is 4. The van der Waals surface area contributed by atoms with E-state index >= 15 is 0 Å². The van der Waals surface area contributed by atoms with Crippen LogP contribution in [0.2, 0.25) is 0 Å². The average Bonchev–Trinajstić information content (AvgIpc) is 2.72. The van der Waals surface area contributed by atoms with E-state index in [2.05, 4.69) is 58.9 Å². The molecule has 0 saturated heterocycles. The van der Waals surface area contributed by atoms with E-state index in [4.69, 9.17) is 10.5 Å². The monoisotopic (exact) mass is 426 g/mol. The largest absolute Gasteiger partial charge is 1.00 e. The predicted octanol–water partition coefficient (Wildman–Crippen LogP) is 1.36. The van der Waals surface area contributed by atoms with Crippen LogP contribution in [-0.4, -0.2) is 12.7 Å². The normalized spacial score (nSPS) is 11.1. The zero-order chi connectivity index (χ0) is 20.6. The van der Waals surface area contributed by atoms with Crippen LogP contribution in [0.4, 0.5) is 22.1 Å². The molecule has 5 N–H and O–H groups in total. The molecule has 0 saturated carbocycles. The number of amides is 1. The van der Waals surface area contributed by atoms with Crippen molar-refractivity contribution in [3.8, 4) is 0 Å². The van der Waals surface area contributed by atoms with Gasteiger partial charge in [0.05, 0.1) is 6.61 Å². The van der Waals surface area contributed by atoms with E-state index in [0.29, 0.717) is 18.1 Å². The van der Waals surface area contributed by atoms with Gasteiger partial charge in [-0.25, -0.2) is 9.78 Å². The van der Waals surface area contributed by atoms with E-state index < -0.39 is 6.09 Å². The standard InChI is InChI=1S/C23H26N4O2.ClH/c1-3-29-23(28)26-19-13-14-21(27-22(19)24)25-20(18-7-5-4-6-8-18)15-17-11-9-16(2)10-12-17;/h4-14,20H,3,15H2,1-2H3,(H,26,28)(H3,24,25,27);1H. The quantitative estimate of drug-likeness (QED) is 0.532. The lowest BCUT2D eigenvalue weighted by molar-refractivity contribution is -0.342. The van der Waals surface area contributed by atoms with Crippen molar-refractivity contribution >= 4 is 23.4 Å². The molecule has 2 aromatic carbocycles. The van der Waals surface area contributed by atoms with Crippen molar-refractivity contribution in [2.45, 2.75) is 26.3 Å². The Bertz CT molecular complexity index is 949. The number of anilines is 3. The van der Waals surface area contributed by atoms with Gasteiger partial charge in [0.25, 0.3) is 0 Å². The van der Waals surface area contributed by atoms with Crippen LogP contribution in [0.3, 0.4) is 0 Å². The third kappa shape index (κ3) is 6.39. The van der Waals surface area contributed by atoms with Gasteiger partial charge in [-0.2, -0.15) is 0 Å². The molecule has 158 valence electrons. The van der Waals surface area contributed by atoms with Crippen molar-refractivity contribution in [1.29, 1.82) is 0 Å². The predicted molar refractivity (Wildman–Crippen MR) is 116 cm³/mol. The molecule has 0 aliphatic heterocycles. The summed E-state index contributed by atoms with van der Waals surface area (Å²) in [6.07, 6.45) is 0.288. The molecule has 7 heteroatoms. The lowest BCUT2D eigenvalue weighted by Crippen LogP contribution is -3.00. The van der Waals surface area contributed by atoms with E-state index in [-0.39, 0.29) is 18.4 Å². The molecule has 1 aromatic heterocycles. The van der Waals surface area contributed by atoms with Crippen molar-refractivity contribution in [3.63, 3.8) is 0 Å². The molecule has 6 nitrogen and oxygen atoms in total. The van der Waals surface area contributed by atoms with Crippen LogP contribution >= 0.6 is 0 Å². The average molecular weight is 427 g/mol. The molecular weight excluding hydrogens is 400 g/mol. The summed E-state index contributed by atoms with van der Waals surface area (Å²) < 4.78 is 4.89. The molecule has 1 unspecified atom stereocenters. The van der Waals surface area contributed by atoms with Gasteiger partial charge in [0.2, 0.25) is 11.6 Å². The second kappa shape index (κ2) is 11.1. The van der Waals surface area contributed by atoms with Crippen molar-refractivity contribution in [1.82, 2.24) is 0 Å². The summed E-state index contributed by atoms with van der Waals surface area (Å²) in [5, 5.41) is 6.15. The Kier molecular flexibility index (Phi) is 8.50. The highest BCUT2D eigenvalue weighted by atomic mass is 35.5. The molecule has 1 atom stereocenters. The number of nitrogens with two attached hydrogens (primary N) is 1. The van der Waals surface area contributed by atoms with Crippen molar-refractivity contribution in [2.75, 3.05) is 23.0 Å². The Balaban J connectivity index is 0.00000320. The number of aryl methyl sites for hydroxylation is 1. The van der Waals surface area contributed by atoms with Gasteiger partial charge in [-0.15, -0.1) is 0 Å². The Labute approximate surface area is 183 Å². The van der Waals surface area contributed by atoms with Crippen LogP contribution in [0, 0.1) is 6.92 Å². The van der Waals surface area contributed by atoms with Gasteiger partial charge in [-0.1, -0.05) is 60.2 Å². The van der Waals surface area contributed by atoms with Crippen LogP contribution in [0.1, 0.15) is 29.7 Å². The third-order valence-electron chi connectivity index (χ3n) is 4.58. The summed E-state index contributed by atoms with van der Waals surface area (Å²) in [7, 11) is 0. The van der Waals surface area contributed by atoms with Crippen molar-refractivity contribution in [3.05, 3.63) is 83.4 Å². The van der Waals surface area contributed by atoms with Gasteiger partial charge in [0.1, 0.15) is 11.7 Å². The molecule has 0 aliphatic carbocycles. The summed E-state index contributed by atoms with van der Waals surface area (Å²) in [6.45, 7) is 4.13. The maximum atomic E-state index is 11.6. The first-order valence-corrected chi connectivity index (χ1v) is 9.67. The number of rotatable bonds is 7. The van der Waals surface area contributed by atoms with Gasteiger partial charge in [-0.05, 0) is 31.0 Å². The number of pyridine rings is 1. The topological polar surface area (TPSA) is 90.5 Å². The number of benzene rings is 2. The zero-order valence-electron chi connectivity index (χ0n) is 17.1. The number of ether oxygens (including phenoxy) is 1. The minimum absolute atomic E-state index is 0. The van der Waals surface area contributed by atoms with Crippen LogP contribution in [0.5, 0.6) is 0 Å². The lowest BCUT2D eigenvalue weighted by Gasteiger charge is -2.17. The van der Waals surface area contributed by atoms with E-state index in [1.165, 1.54) is 16.7 Å². The van der Waals surface area contributed by atoms with Gasteiger partial charge in [0.15, 0.2) is 0 Å². The van der Waals surface area contributed by atoms with Crippen LogP contribution in [0.25, 0.3) is 0 Å². The maximum absolute atomic E-state index is 11.6. The number of aromatic nitrogens is 1. The number of H-pyrrole nitrogens is 1. The number of carbonyl (C=O) groups is 1. The molecule has 3 rings (SSSR count). The van der Waals surface area contributed by atoms with Gasteiger partial charge < -0.3 is 22.9 Å². The second-order valence-electron chi connectivity index (χ2n) is 6.84. The molecule has 0 aliphatic rings. The number of aromatic amines is 1. The summed E-state index contributed by atoms with van der Waals surface area (Å²) in [5.74, 6) is 1.11. The molecule has 0 fully saturated rings. The molecule has 1 heterocycles. The first-order chi connectivity index (χ1) is 14.0. The molecule has 0 spiro atoms. The molecule has 30 heavy (non-hydrogen) atoms. The number of halogens is 1. The molecular formula is C23H27ClN4O2. The number of hydrogen-bond donors (Lipinski definition) is 3. The fraction of sp³-hybridized carbons (Fsp3) is 0.217. The molecule has 0 bridgehead atoms. The van der Waals surface area contributed by atoms with E-state index in [0.717, 1.165) is 12.2 Å². The Hall–Kier alpha value is -3.25. The Morgan fingerprint density at radius 1 is 1.07 bits per heavy atom. The summed E-state index contributed by atoms with van der Waals surface area (Å²) >= 11 is 0. The third-order valence-corrected chi connectivity index (χ3v) is 4.58. The fourth-order valence-electron chi connectivity index (χ4n) is 3.07. The van der Waals surface area contributed by atoms with Gasteiger partial charge in [0, 0.05) is 12.5 Å². The van der Waals surface area contributed by atoms with Gasteiger partial charge in [-0.3, -0.25) is 10.6 Å². The Morgan fingerprint density at radius 2 is 1.77 bits per heavy atom. The molecule has 3 aromatic rings. The van der Waals surface area contributed by atoms with Crippen LogP contribution in [0.15, 0.2) is 66.7 Å². The summed E-state index contributed by atoms with van der Waals surface area (Å²) in [5.41, 5.74) is 10.2. The first-order valence-electron chi connectivity index (χ1n) is 9.67. The molecule has 0 radical (unpaired) electrons. The van der Waals surface area contributed by atoms with Gasteiger partial charge >= 0.3 is 6.09 Å². The highest BCUT2D eigenvalue weighted by molar-refractivity contribution is 5.87. The van der Waals surface area contributed by atoms with E-state index in [1.54, 1.807) is 13.0 Å². The minimum atomic E-state index is -0.533. The van der Waals surface area contributed by atoms with Crippen LogP contribution < -0.4 is 33.8 Å². The maximum Gasteiger partial charge on any atom is 0.411 e. The number of nitrogens with one attached hydrogen (secondary N) is 3. The minimum Gasteiger partial charge on any atom is -1.00 e. The van der Waals surface area contributed by atoms with Crippen molar-refractivity contribution < 1.29 is 26.9 Å². The van der Waals surface area contributed by atoms with E-state index in [1.807, 2.05) is 24.3 Å². The highest BCUT2D eigenvalue weighted by Crippen LogP contribution is 2.24. The first kappa shape index (κ1) is 23.0. The number of carbonyl (C=O) groups excluding carboxylic acids is 1. The number of nitrogen functional groups attached to an aromatic ring is 1. The lowest BCUT2D eigenvalue weighted by atomic mass is 9.98. The van der Waals surface area contributed by atoms with Crippen LogP contribution in [-0.2, 0) is 11.2 Å².